The molecule has 92 valence electrons. The van der Waals surface area contributed by atoms with Gasteiger partial charge in [-0.3, -0.25) is 14.8 Å². The van der Waals surface area contributed by atoms with Gasteiger partial charge in [0.2, 0.25) is 12.3 Å². The Hall–Kier alpha value is -1.27. The zero-order chi connectivity index (χ0) is 12.4. The molecule has 2 N–H and O–H groups in total. The van der Waals surface area contributed by atoms with E-state index in [1.165, 1.54) is 11.8 Å². The van der Waals surface area contributed by atoms with Crippen LogP contribution in [0.4, 0.5) is 0 Å². The van der Waals surface area contributed by atoms with Crippen molar-refractivity contribution in [3.05, 3.63) is 22.8 Å². The molecule has 5 nitrogen and oxygen atoms in total. The lowest BCUT2D eigenvalue weighted by atomic mass is 10.0. The van der Waals surface area contributed by atoms with Crippen LogP contribution in [0.3, 0.4) is 0 Å². The molecular weight excluding hydrogens is 240 g/mol. The Morgan fingerprint density at radius 1 is 1.71 bits per heavy atom. The number of thioether (sulfide) groups is 1. The van der Waals surface area contributed by atoms with E-state index in [-0.39, 0.29) is 12.5 Å². The molecule has 2 rings (SSSR count). The van der Waals surface area contributed by atoms with Gasteiger partial charge in [0.1, 0.15) is 5.25 Å². The van der Waals surface area contributed by atoms with E-state index in [4.69, 9.17) is 5.21 Å². The highest BCUT2D eigenvalue weighted by atomic mass is 32.2. The topological polar surface area (TPSA) is 69.6 Å². The van der Waals surface area contributed by atoms with E-state index in [1.54, 1.807) is 0 Å². The highest BCUT2D eigenvalue weighted by Crippen LogP contribution is 2.36. The van der Waals surface area contributed by atoms with Gasteiger partial charge in [0.15, 0.2) is 0 Å². The van der Waals surface area contributed by atoms with E-state index in [1.807, 2.05) is 6.08 Å². The van der Waals surface area contributed by atoms with Gasteiger partial charge in [-0.1, -0.05) is 19.1 Å². The number of amides is 2. The minimum Gasteiger partial charge on any atom is -0.324 e. The average Bonchev–Trinajstić information content (AvgIpc) is 2.30. The number of carbonyl (C=O) groups excluding carboxylic acids is 2. The largest absolute Gasteiger partial charge is 0.324 e. The predicted molar refractivity (Wildman–Crippen MR) is 64.0 cm³/mol. The molecule has 1 fully saturated rings. The molecule has 0 aromatic carbocycles. The fourth-order valence-electron chi connectivity index (χ4n) is 1.81. The molecule has 2 aliphatic rings. The molecule has 6 heteroatoms. The fourth-order valence-corrected chi connectivity index (χ4v) is 2.94. The van der Waals surface area contributed by atoms with Crippen molar-refractivity contribution >= 4 is 24.1 Å². The Kier molecular flexibility index (Phi) is 3.54. The van der Waals surface area contributed by atoms with Crippen LogP contribution in [0.2, 0.25) is 0 Å². The van der Waals surface area contributed by atoms with Crippen LogP contribution in [0, 0.1) is 5.92 Å². The van der Waals surface area contributed by atoms with E-state index < -0.39 is 5.25 Å². The molecule has 0 radical (unpaired) electrons. The highest BCUT2D eigenvalue weighted by Gasteiger charge is 2.31. The summed E-state index contributed by atoms with van der Waals surface area (Å²) in [6, 6.07) is 0. The van der Waals surface area contributed by atoms with Crippen LogP contribution < -0.4 is 5.32 Å². The maximum absolute atomic E-state index is 11.8. The maximum atomic E-state index is 11.8. The van der Waals surface area contributed by atoms with E-state index in [0.717, 1.165) is 17.0 Å². The van der Waals surface area contributed by atoms with Gasteiger partial charge in [0, 0.05) is 4.91 Å². The van der Waals surface area contributed by atoms with Gasteiger partial charge in [-0.25, -0.2) is 5.06 Å². The van der Waals surface area contributed by atoms with Crippen LogP contribution >= 0.6 is 11.8 Å². The molecule has 0 aromatic rings. The molecule has 0 bridgehead atoms. The lowest BCUT2D eigenvalue weighted by Gasteiger charge is -2.30. The monoisotopic (exact) mass is 254 g/mol. The third-order valence-electron chi connectivity index (χ3n) is 2.69. The molecule has 17 heavy (non-hydrogen) atoms. The van der Waals surface area contributed by atoms with Crippen LogP contribution in [-0.2, 0) is 9.59 Å². The van der Waals surface area contributed by atoms with Crippen LogP contribution in [0.1, 0.15) is 13.3 Å². The van der Waals surface area contributed by atoms with Gasteiger partial charge in [0.25, 0.3) is 0 Å². The second-order valence-corrected chi connectivity index (χ2v) is 5.43. The molecule has 2 amide bonds. The molecule has 1 aliphatic heterocycles. The zero-order valence-electron chi connectivity index (χ0n) is 9.42. The number of carbonyl (C=O) groups is 2. The van der Waals surface area contributed by atoms with Crippen molar-refractivity contribution in [3.63, 3.8) is 0 Å². The van der Waals surface area contributed by atoms with Crippen molar-refractivity contribution in [3.8, 4) is 0 Å². The number of hydroxylamine groups is 2. The summed E-state index contributed by atoms with van der Waals surface area (Å²) in [4.78, 5) is 23.1. The molecule has 0 saturated carbocycles. The standard InChI is InChI=1S/C11H14N2O3S/c1-7-2-3-9-8(4-7)12-11(15)10(17-9)5-13(16)6-14/h3-4,6-7,10,16H,2,5H2,1H3,(H,12,15). The Morgan fingerprint density at radius 2 is 2.47 bits per heavy atom. The Balaban J connectivity index is 2.08. The van der Waals surface area contributed by atoms with Crippen LogP contribution in [-0.4, -0.2) is 34.4 Å². The molecule has 2 unspecified atom stereocenters. The molecular formula is C11H14N2O3S. The number of rotatable bonds is 3. The highest BCUT2D eigenvalue weighted by molar-refractivity contribution is 8.04. The quantitative estimate of drug-likeness (QED) is 0.445. The summed E-state index contributed by atoms with van der Waals surface area (Å²) in [7, 11) is 0. The lowest BCUT2D eigenvalue weighted by Crippen LogP contribution is -2.43. The first-order chi connectivity index (χ1) is 8.10. The predicted octanol–water partition coefficient (Wildman–Crippen LogP) is 0.873. The Bertz CT molecular complexity index is 406. The van der Waals surface area contributed by atoms with E-state index in [0.29, 0.717) is 17.4 Å². The van der Waals surface area contributed by atoms with Gasteiger partial charge in [-0.2, -0.15) is 0 Å². The summed E-state index contributed by atoms with van der Waals surface area (Å²) in [5.41, 5.74) is 0.852. The number of allylic oxidation sites excluding steroid dienone is 2. The molecule has 1 heterocycles. The van der Waals surface area contributed by atoms with Gasteiger partial charge >= 0.3 is 0 Å². The minimum atomic E-state index is -0.456. The van der Waals surface area contributed by atoms with Crippen molar-refractivity contribution in [1.82, 2.24) is 10.4 Å². The summed E-state index contributed by atoms with van der Waals surface area (Å²) >= 11 is 1.39. The number of nitrogens with zero attached hydrogens (tertiary/aromatic N) is 1. The summed E-state index contributed by atoms with van der Waals surface area (Å²) < 4.78 is 0. The Labute approximate surface area is 104 Å². The molecule has 1 aliphatic carbocycles. The van der Waals surface area contributed by atoms with Gasteiger partial charge < -0.3 is 5.32 Å². The average molecular weight is 254 g/mol. The van der Waals surface area contributed by atoms with Gasteiger partial charge in [0.05, 0.1) is 12.2 Å². The molecule has 2 atom stereocenters. The molecule has 0 spiro atoms. The first-order valence-corrected chi connectivity index (χ1v) is 6.29. The van der Waals surface area contributed by atoms with Crippen molar-refractivity contribution < 1.29 is 14.8 Å². The van der Waals surface area contributed by atoms with E-state index >= 15 is 0 Å². The van der Waals surface area contributed by atoms with Gasteiger partial charge in [-0.15, -0.1) is 11.8 Å². The maximum Gasteiger partial charge on any atom is 0.239 e. The summed E-state index contributed by atoms with van der Waals surface area (Å²) in [5, 5.41) is 12.0. The van der Waals surface area contributed by atoms with Crippen LogP contribution in [0.25, 0.3) is 0 Å². The normalized spacial score (nSPS) is 27.5. The second kappa shape index (κ2) is 4.93. The number of hydrogen-bond acceptors (Lipinski definition) is 4. The minimum absolute atomic E-state index is 0.000172. The molecule has 1 saturated heterocycles. The second-order valence-electron chi connectivity index (χ2n) is 4.18. The van der Waals surface area contributed by atoms with Crippen molar-refractivity contribution in [2.45, 2.75) is 18.6 Å². The third-order valence-corrected chi connectivity index (χ3v) is 3.97. The Morgan fingerprint density at radius 3 is 3.18 bits per heavy atom. The number of hydrogen-bond donors (Lipinski definition) is 2. The number of fused-ring (bicyclic) bond motifs is 1. The van der Waals surface area contributed by atoms with Crippen LogP contribution in [0.15, 0.2) is 22.8 Å². The van der Waals surface area contributed by atoms with E-state index in [2.05, 4.69) is 18.3 Å². The zero-order valence-corrected chi connectivity index (χ0v) is 10.2. The summed E-state index contributed by atoms with van der Waals surface area (Å²) in [6.07, 6.45) is 5.37. The van der Waals surface area contributed by atoms with E-state index in [9.17, 15) is 9.59 Å². The fraction of sp³-hybridized carbons (Fsp3) is 0.455. The molecule has 0 aromatic heterocycles. The summed E-state index contributed by atoms with van der Waals surface area (Å²) in [5.74, 6) is 0.254. The lowest BCUT2D eigenvalue weighted by molar-refractivity contribution is -0.150. The number of nitrogens with one attached hydrogen (secondary N) is 1. The van der Waals surface area contributed by atoms with Crippen LogP contribution in [0.5, 0.6) is 0 Å². The first-order valence-electron chi connectivity index (χ1n) is 5.41. The third kappa shape index (κ3) is 2.70. The summed E-state index contributed by atoms with van der Waals surface area (Å²) in [6.45, 7) is 2.09. The van der Waals surface area contributed by atoms with Gasteiger partial charge in [-0.05, 0) is 12.3 Å². The van der Waals surface area contributed by atoms with Crippen molar-refractivity contribution in [2.75, 3.05) is 6.54 Å². The van der Waals surface area contributed by atoms with Crippen molar-refractivity contribution in [2.24, 2.45) is 5.92 Å². The smallest absolute Gasteiger partial charge is 0.239 e. The van der Waals surface area contributed by atoms with Crippen molar-refractivity contribution in [1.29, 1.82) is 0 Å². The first kappa shape index (κ1) is 12.2. The SMILES string of the molecule is CC1C=C2NC(=O)C(CN(O)C=O)SC2=CC1.